The Morgan fingerprint density at radius 1 is 0.886 bits per heavy atom. The standard InChI is InChI=1S/C29H39F3O3/c1-4-5-6-7-8-9-10-11-12-13-14-15-27(29(30,31)32)35-28(33)22(2)23-16-17-25-21-26(34-3)19-18-24(25)20-23/h15-22H,4-14H2,1-3H3/b27-15+/t22-/m0/s1. The van der Waals surface area contributed by atoms with Crippen molar-refractivity contribution in [1.82, 2.24) is 0 Å². The Morgan fingerprint density at radius 2 is 1.46 bits per heavy atom. The van der Waals surface area contributed by atoms with E-state index in [1.165, 1.54) is 38.5 Å². The van der Waals surface area contributed by atoms with Crippen LogP contribution in [0.5, 0.6) is 5.75 Å². The van der Waals surface area contributed by atoms with Gasteiger partial charge in [-0.05, 0) is 54.3 Å². The fourth-order valence-electron chi connectivity index (χ4n) is 4.05. The maximum atomic E-state index is 13.5. The van der Waals surface area contributed by atoms with Crippen LogP contribution in [0.2, 0.25) is 0 Å². The molecule has 0 N–H and O–H groups in total. The Morgan fingerprint density at radius 3 is 2.06 bits per heavy atom. The van der Waals surface area contributed by atoms with Gasteiger partial charge in [-0.2, -0.15) is 13.2 Å². The zero-order valence-electron chi connectivity index (χ0n) is 21.3. The van der Waals surface area contributed by atoms with Gasteiger partial charge in [0.2, 0.25) is 5.76 Å². The van der Waals surface area contributed by atoms with Crippen molar-refractivity contribution in [3.05, 3.63) is 53.8 Å². The average molecular weight is 493 g/mol. The molecule has 0 spiro atoms. The monoisotopic (exact) mass is 492 g/mol. The Kier molecular flexibility index (Phi) is 12.1. The van der Waals surface area contributed by atoms with Gasteiger partial charge < -0.3 is 9.47 Å². The van der Waals surface area contributed by atoms with E-state index in [9.17, 15) is 18.0 Å². The van der Waals surface area contributed by atoms with Gasteiger partial charge in [-0.1, -0.05) is 89.0 Å². The summed E-state index contributed by atoms with van der Waals surface area (Å²) < 4.78 is 50.5. The summed E-state index contributed by atoms with van der Waals surface area (Å²) in [6.45, 7) is 3.76. The van der Waals surface area contributed by atoms with Gasteiger partial charge in [0.25, 0.3) is 0 Å². The van der Waals surface area contributed by atoms with E-state index >= 15 is 0 Å². The number of fused-ring (bicyclic) bond motifs is 1. The lowest BCUT2D eigenvalue weighted by atomic mass is 9.98. The molecule has 0 saturated heterocycles. The minimum atomic E-state index is -4.70. The van der Waals surface area contributed by atoms with E-state index in [1.54, 1.807) is 32.2 Å². The van der Waals surface area contributed by atoms with E-state index in [-0.39, 0.29) is 6.42 Å². The van der Waals surface area contributed by atoms with Crippen molar-refractivity contribution >= 4 is 16.7 Å². The van der Waals surface area contributed by atoms with Crippen LogP contribution < -0.4 is 4.74 Å². The van der Waals surface area contributed by atoms with Crippen LogP contribution in [0.15, 0.2) is 48.2 Å². The van der Waals surface area contributed by atoms with Crippen molar-refractivity contribution in [2.75, 3.05) is 7.11 Å². The molecule has 2 aromatic carbocycles. The first-order chi connectivity index (χ1) is 16.8. The zero-order chi connectivity index (χ0) is 25.7. The molecule has 0 amide bonds. The molecule has 1 atom stereocenters. The highest BCUT2D eigenvalue weighted by atomic mass is 19.4. The van der Waals surface area contributed by atoms with Crippen LogP contribution in [0.4, 0.5) is 13.2 Å². The molecule has 3 nitrogen and oxygen atoms in total. The molecule has 35 heavy (non-hydrogen) atoms. The van der Waals surface area contributed by atoms with Crippen LogP contribution in [0.3, 0.4) is 0 Å². The van der Waals surface area contributed by atoms with E-state index in [2.05, 4.69) is 6.92 Å². The molecule has 0 aromatic heterocycles. The van der Waals surface area contributed by atoms with Gasteiger partial charge >= 0.3 is 12.1 Å². The molecule has 0 bridgehead atoms. The summed E-state index contributed by atoms with van der Waals surface area (Å²) in [5, 5.41) is 1.79. The smallest absolute Gasteiger partial charge is 0.449 e. The van der Waals surface area contributed by atoms with Crippen molar-refractivity contribution in [3.8, 4) is 5.75 Å². The minimum absolute atomic E-state index is 0.241. The Balaban J connectivity index is 1.85. The van der Waals surface area contributed by atoms with Crippen LogP contribution in [-0.4, -0.2) is 19.3 Å². The summed E-state index contributed by atoms with van der Waals surface area (Å²) in [4.78, 5) is 12.6. The van der Waals surface area contributed by atoms with Crippen LogP contribution in [0.25, 0.3) is 10.8 Å². The predicted octanol–water partition coefficient (Wildman–Crippen LogP) is 9.25. The Labute approximate surface area is 207 Å². The van der Waals surface area contributed by atoms with Gasteiger partial charge in [0.15, 0.2) is 0 Å². The third-order valence-corrected chi connectivity index (χ3v) is 6.30. The minimum Gasteiger partial charge on any atom is -0.497 e. The number of hydrogen-bond donors (Lipinski definition) is 0. The maximum Gasteiger partial charge on any atom is 0.449 e. The predicted molar refractivity (Wildman–Crippen MR) is 136 cm³/mol. The molecule has 0 saturated carbocycles. The van der Waals surface area contributed by atoms with Crippen LogP contribution >= 0.6 is 0 Å². The Bertz CT molecular complexity index is 950. The van der Waals surface area contributed by atoms with Gasteiger partial charge in [0, 0.05) is 0 Å². The van der Waals surface area contributed by atoms with Crippen LogP contribution in [0.1, 0.15) is 96.0 Å². The summed E-state index contributed by atoms with van der Waals surface area (Å²) in [6.07, 6.45) is 7.72. The number of methoxy groups -OCH3 is 1. The van der Waals surface area contributed by atoms with Gasteiger partial charge in [-0.15, -0.1) is 0 Å². The van der Waals surface area contributed by atoms with E-state index in [1.807, 2.05) is 18.2 Å². The molecular formula is C29H39F3O3. The first-order valence-electron chi connectivity index (χ1n) is 12.8. The molecule has 0 aliphatic rings. The quantitative estimate of drug-likeness (QED) is 0.141. The molecule has 0 heterocycles. The second-order valence-electron chi connectivity index (χ2n) is 9.15. The number of halogens is 3. The van der Waals surface area contributed by atoms with Crippen molar-refractivity contribution in [1.29, 1.82) is 0 Å². The second-order valence-corrected chi connectivity index (χ2v) is 9.15. The number of alkyl halides is 3. The fourth-order valence-corrected chi connectivity index (χ4v) is 4.05. The molecule has 2 aromatic rings. The summed E-state index contributed by atoms with van der Waals surface area (Å²) in [5.41, 5.74) is 0.601. The van der Waals surface area contributed by atoms with Crippen molar-refractivity contribution in [2.45, 2.75) is 96.6 Å². The summed E-state index contributed by atoms with van der Waals surface area (Å²) in [5.74, 6) is -2.25. The van der Waals surface area contributed by atoms with Crippen molar-refractivity contribution < 1.29 is 27.4 Å². The molecular weight excluding hydrogens is 453 g/mol. The second kappa shape index (κ2) is 14.8. The highest BCUT2D eigenvalue weighted by Crippen LogP contribution is 2.31. The summed E-state index contributed by atoms with van der Waals surface area (Å²) >= 11 is 0. The van der Waals surface area contributed by atoms with E-state index in [0.717, 1.165) is 36.1 Å². The van der Waals surface area contributed by atoms with Gasteiger partial charge in [0.1, 0.15) is 5.75 Å². The molecule has 0 fully saturated rings. The number of allylic oxidation sites excluding steroid dienone is 2. The molecule has 0 aliphatic carbocycles. The molecule has 6 heteroatoms. The number of rotatable bonds is 15. The number of unbranched alkanes of at least 4 members (excludes halogenated alkanes) is 10. The molecule has 0 unspecified atom stereocenters. The fraction of sp³-hybridized carbons (Fsp3) is 0.552. The number of ether oxygens (including phenoxy) is 2. The highest BCUT2D eigenvalue weighted by Gasteiger charge is 2.38. The maximum absolute atomic E-state index is 13.5. The molecule has 2 rings (SSSR count). The Hall–Kier alpha value is -2.50. The lowest BCUT2D eigenvalue weighted by molar-refractivity contribution is -0.161. The van der Waals surface area contributed by atoms with Crippen molar-refractivity contribution in [3.63, 3.8) is 0 Å². The van der Waals surface area contributed by atoms with Crippen LogP contribution in [-0.2, 0) is 9.53 Å². The van der Waals surface area contributed by atoms with E-state index in [4.69, 9.17) is 9.47 Å². The zero-order valence-corrected chi connectivity index (χ0v) is 21.3. The van der Waals surface area contributed by atoms with Gasteiger partial charge in [0.05, 0.1) is 13.0 Å². The third kappa shape index (κ3) is 9.95. The summed E-state index contributed by atoms with van der Waals surface area (Å²) in [7, 11) is 1.58. The average Bonchev–Trinajstić information content (AvgIpc) is 2.84. The first-order valence-corrected chi connectivity index (χ1v) is 12.8. The number of hydrogen-bond acceptors (Lipinski definition) is 3. The highest BCUT2D eigenvalue weighted by molar-refractivity contribution is 5.87. The lowest BCUT2D eigenvalue weighted by Crippen LogP contribution is -2.21. The van der Waals surface area contributed by atoms with E-state index < -0.39 is 23.8 Å². The number of benzene rings is 2. The SMILES string of the molecule is CCCCCCCCCCCC/C=C(/OC(=O)[C@@H](C)c1ccc2cc(OC)ccc2c1)C(F)(F)F. The van der Waals surface area contributed by atoms with Crippen LogP contribution in [0, 0.1) is 0 Å². The topological polar surface area (TPSA) is 35.5 Å². The molecule has 0 aliphatic heterocycles. The third-order valence-electron chi connectivity index (χ3n) is 6.30. The number of carbonyl (C=O) groups is 1. The molecule has 0 radical (unpaired) electrons. The normalized spacial score (nSPS) is 13.1. The number of esters is 1. The van der Waals surface area contributed by atoms with Gasteiger partial charge in [-0.3, -0.25) is 4.79 Å². The van der Waals surface area contributed by atoms with Crippen molar-refractivity contribution in [2.24, 2.45) is 0 Å². The number of carbonyl (C=O) groups excluding carboxylic acids is 1. The largest absolute Gasteiger partial charge is 0.497 e. The molecule has 194 valence electrons. The van der Waals surface area contributed by atoms with Gasteiger partial charge in [-0.25, -0.2) is 0 Å². The summed E-state index contributed by atoms with van der Waals surface area (Å²) in [6, 6.07) is 10.9. The van der Waals surface area contributed by atoms with E-state index in [0.29, 0.717) is 17.7 Å². The lowest BCUT2D eigenvalue weighted by Gasteiger charge is -2.16. The first kappa shape index (κ1) is 28.7.